The lowest BCUT2D eigenvalue weighted by molar-refractivity contribution is 0.0482. The zero-order valence-electron chi connectivity index (χ0n) is 15.8. The van der Waals surface area contributed by atoms with Gasteiger partial charge in [-0.25, -0.2) is 22.2 Å². The summed E-state index contributed by atoms with van der Waals surface area (Å²) in [5.41, 5.74) is 0.716. The number of aryl methyl sites for hydroxylation is 1. The molecule has 0 saturated carbocycles. The van der Waals surface area contributed by atoms with E-state index >= 15 is 0 Å². The quantitative estimate of drug-likeness (QED) is 0.772. The van der Waals surface area contributed by atoms with E-state index in [-0.39, 0.29) is 17.9 Å². The van der Waals surface area contributed by atoms with Crippen LogP contribution in [0.5, 0.6) is 0 Å². The van der Waals surface area contributed by atoms with Gasteiger partial charge < -0.3 is 15.2 Å². The van der Waals surface area contributed by atoms with Gasteiger partial charge in [0, 0.05) is 12.6 Å². The van der Waals surface area contributed by atoms with Crippen molar-refractivity contribution < 1.29 is 23.1 Å². The molecule has 9 heteroatoms. The standard InChI is InChI=1S/C18H25N3O5S/c1-13-5-7-16(8-6-13)27(24,25)21-10-14(19-12-21)9-15(11-22)20-17(23)26-18(2,3)4/h5-8,10,12,15,22H,9,11H2,1-4H3,(H,20,23). The summed E-state index contributed by atoms with van der Waals surface area (Å²) in [4.78, 5) is 16.1. The zero-order chi connectivity index (χ0) is 20.2. The fourth-order valence-electron chi connectivity index (χ4n) is 2.30. The van der Waals surface area contributed by atoms with E-state index in [9.17, 15) is 18.3 Å². The minimum Gasteiger partial charge on any atom is -0.444 e. The Morgan fingerprint density at radius 2 is 1.93 bits per heavy atom. The van der Waals surface area contributed by atoms with Crippen LogP contribution in [0.1, 0.15) is 32.0 Å². The summed E-state index contributed by atoms with van der Waals surface area (Å²) in [5, 5.41) is 12.0. The Hall–Kier alpha value is -2.39. The summed E-state index contributed by atoms with van der Waals surface area (Å²) in [6.45, 7) is 6.74. The second-order valence-electron chi connectivity index (χ2n) is 7.24. The molecule has 1 aromatic carbocycles. The molecule has 1 atom stereocenters. The third-order valence-electron chi connectivity index (χ3n) is 3.61. The molecule has 1 aromatic heterocycles. The molecule has 0 radical (unpaired) electrons. The second kappa shape index (κ2) is 8.10. The van der Waals surface area contributed by atoms with Crippen LogP contribution in [0.2, 0.25) is 0 Å². The lowest BCUT2D eigenvalue weighted by Crippen LogP contribution is -2.42. The Kier molecular flexibility index (Phi) is 6.27. The number of alkyl carbamates (subject to hydrolysis) is 1. The molecular formula is C18H25N3O5S. The molecule has 0 fully saturated rings. The Bertz CT molecular complexity index is 882. The van der Waals surface area contributed by atoms with E-state index in [0.29, 0.717) is 5.69 Å². The summed E-state index contributed by atoms with van der Waals surface area (Å²) < 4.78 is 31.4. The maximum absolute atomic E-state index is 12.6. The molecule has 0 bridgehead atoms. The largest absolute Gasteiger partial charge is 0.444 e. The lowest BCUT2D eigenvalue weighted by Gasteiger charge is -2.22. The molecule has 1 amide bonds. The molecule has 27 heavy (non-hydrogen) atoms. The van der Waals surface area contributed by atoms with Gasteiger partial charge in [0.25, 0.3) is 10.0 Å². The Morgan fingerprint density at radius 1 is 1.30 bits per heavy atom. The number of rotatable bonds is 6. The molecular weight excluding hydrogens is 370 g/mol. The van der Waals surface area contributed by atoms with Crippen LogP contribution >= 0.6 is 0 Å². The van der Waals surface area contributed by atoms with Gasteiger partial charge in [0.15, 0.2) is 0 Å². The van der Waals surface area contributed by atoms with Gasteiger partial charge in [-0.05, 0) is 39.8 Å². The molecule has 2 N–H and O–H groups in total. The number of hydrogen-bond donors (Lipinski definition) is 2. The fourth-order valence-corrected chi connectivity index (χ4v) is 3.46. The molecule has 8 nitrogen and oxygen atoms in total. The van der Waals surface area contributed by atoms with Gasteiger partial charge in [0.2, 0.25) is 0 Å². The van der Waals surface area contributed by atoms with Crippen molar-refractivity contribution in [3.63, 3.8) is 0 Å². The SMILES string of the molecule is Cc1ccc(S(=O)(=O)n2cnc(CC(CO)NC(=O)OC(C)(C)C)c2)cc1. The van der Waals surface area contributed by atoms with E-state index in [1.807, 2.05) is 6.92 Å². The van der Waals surface area contributed by atoms with Gasteiger partial charge >= 0.3 is 6.09 Å². The van der Waals surface area contributed by atoms with Crippen molar-refractivity contribution in [3.05, 3.63) is 48.0 Å². The maximum Gasteiger partial charge on any atom is 0.407 e. The van der Waals surface area contributed by atoms with E-state index in [2.05, 4.69) is 10.3 Å². The number of aliphatic hydroxyl groups is 1. The number of aliphatic hydroxyl groups excluding tert-OH is 1. The van der Waals surface area contributed by atoms with Crippen LogP contribution in [0.4, 0.5) is 4.79 Å². The van der Waals surface area contributed by atoms with Gasteiger partial charge in [-0.3, -0.25) is 0 Å². The topological polar surface area (TPSA) is 111 Å². The van der Waals surface area contributed by atoms with Crippen LogP contribution < -0.4 is 5.32 Å². The summed E-state index contributed by atoms with van der Waals surface area (Å²) >= 11 is 0. The highest BCUT2D eigenvalue weighted by atomic mass is 32.2. The highest BCUT2D eigenvalue weighted by Gasteiger charge is 2.21. The van der Waals surface area contributed by atoms with Gasteiger partial charge in [0.05, 0.1) is 23.2 Å². The molecule has 0 spiro atoms. The zero-order valence-corrected chi connectivity index (χ0v) is 16.7. The number of carbonyl (C=O) groups excluding carboxylic acids is 1. The van der Waals surface area contributed by atoms with Crippen LogP contribution in [-0.4, -0.2) is 46.8 Å². The summed E-state index contributed by atoms with van der Waals surface area (Å²) in [7, 11) is -3.74. The highest BCUT2D eigenvalue weighted by Crippen LogP contribution is 2.15. The van der Waals surface area contributed by atoms with E-state index in [0.717, 1.165) is 9.54 Å². The number of amides is 1. The Labute approximate surface area is 159 Å². The average molecular weight is 395 g/mol. The lowest BCUT2D eigenvalue weighted by atomic mass is 10.2. The Balaban J connectivity index is 2.10. The number of nitrogens with one attached hydrogen (secondary N) is 1. The first-order valence-electron chi connectivity index (χ1n) is 8.47. The van der Waals surface area contributed by atoms with Crippen LogP contribution in [0.15, 0.2) is 41.7 Å². The smallest absolute Gasteiger partial charge is 0.407 e. The van der Waals surface area contributed by atoms with Crippen molar-refractivity contribution in [1.29, 1.82) is 0 Å². The van der Waals surface area contributed by atoms with E-state index < -0.39 is 27.8 Å². The third kappa shape index (κ3) is 5.80. The molecule has 0 saturated heterocycles. The molecule has 2 aromatic rings. The number of aromatic nitrogens is 2. The molecule has 2 rings (SSSR count). The number of carbonyl (C=O) groups is 1. The number of hydrogen-bond acceptors (Lipinski definition) is 6. The highest BCUT2D eigenvalue weighted by molar-refractivity contribution is 7.90. The van der Waals surface area contributed by atoms with Gasteiger partial charge in [-0.2, -0.15) is 0 Å². The average Bonchev–Trinajstić information content (AvgIpc) is 3.02. The summed E-state index contributed by atoms with van der Waals surface area (Å²) in [5.74, 6) is 0. The second-order valence-corrected chi connectivity index (χ2v) is 9.09. The molecule has 1 heterocycles. The van der Waals surface area contributed by atoms with Crippen molar-refractivity contribution in [1.82, 2.24) is 14.3 Å². The van der Waals surface area contributed by atoms with E-state index in [4.69, 9.17) is 4.74 Å². The minimum atomic E-state index is -3.74. The molecule has 0 aliphatic rings. The van der Waals surface area contributed by atoms with Crippen molar-refractivity contribution in [2.24, 2.45) is 0 Å². The predicted octanol–water partition coefficient (Wildman–Crippen LogP) is 1.86. The first-order chi connectivity index (χ1) is 12.5. The van der Waals surface area contributed by atoms with E-state index in [1.54, 1.807) is 32.9 Å². The van der Waals surface area contributed by atoms with Crippen molar-refractivity contribution in [2.45, 2.75) is 50.7 Å². The minimum absolute atomic E-state index is 0.155. The van der Waals surface area contributed by atoms with Crippen molar-refractivity contribution >= 4 is 16.1 Å². The van der Waals surface area contributed by atoms with Crippen molar-refractivity contribution in [2.75, 3.05) is 6.61 Å². The number of imidazole rings is 1. The van der Waals surface area contributed by atoms with Crippen LogP contribution in [0.25, 0.3) is 0 Å². The van der Waals surface area contributed by atoms with Crippen LogP contribution in [0, 0.1) is 6.92 Å². The van der Waals surface area contributed by atoms with Gasteiger partial charge in [-0.1, -0.05) is 17.7 Å². The first-order valence-corrected chi connectivity index (χ1v) is 9.91. The fraction of sp³-hybridized carbons (Fsp3) is 0.444. The molecule has 1 unspecified atom stereocenters. The number of nitrogens with zero attached hydrogens (tertiary/aromatic N) is 2. The van der Waals surface area contributed by atoms with Gasteiger partial charge in [0.1, 0.15) is 11.9 Å². The first kappa shape index (κ1) is 20.9. The Morgan fingerprint density at radius 3 is 2.48 bits per heavy atom. The molecule has 0 aliphatic heterocycles. The molecule has 148 valence electrons. The molecule has 0 aliphatic carbocycles. The maximum atomic E-state index is 12.6. The summed E-state index contributed by atoms with van der Waals surface area (Å²) in [6, 6.07) is 5.86. The number of ether oxygens (including phenoxy) is 1. The van der Waals surface area contributed by atoms with Gasteiger partial charge in [-0.15, -0.1) is 0 Å². The van der Waals surface area contributed by atoms with E-state index in [1.165, 1.54) is 24.7 Å². The van der Waals surface area contributed by atoms with Crippen LogP contribution in [0.3, 0.4) is 0 Å². The third-order valence-corrected chi connectivity index (χ3v) is 5.23. The predicted molar refractivity (Wildman–Crippen MR) is 99.9 cm³/mol. The monoisotopic (exact) mass is 395 g/mol. The van der Waals surface area contributed by atoms with Crippen molar-refractivity contribution in [3.8, 4) is 0 Å². The number of benzene rings is 1. The van der Waals surface area contributed by atoms with Crippen LogP contribution in [-0.2, 0) is 21.2 Å². The normalized spacial score (nSPS) is 13.2. The summed E-state index contributed by atoms with van der Waals surface area (Å²) in [6.07, 6.45) is 2.07.